The fourth-order valence-corrected chi connectivity index (χ4v) is 6.02. The molecule has 0 radical (unpaired) electrons. The zero-order chi connectivity index (χ0) is 18.3. The maximum Gasteiger partial charge on any atom is 0.315 e. The quantitative estimate of drug-likeness (QED) is 0.592. The molecule has 5 nitrogen and oxygen atoms in total. The average molecular weight is 362 g/mol. The summed E-state index contributed by atoms with van der Waals surface area (Å²) in [6.07, 6.45) is 8.66. The number of quaternary nitrogens is 1. The van der Waals surface area contributed by atoms with Crippen LogP contribution in [0.5, 0.6) is 0 Å². The molecule has 4 fully saturated rings. The van der Waals surface area contributed by atoms with E-state index in [9.17, 15) is 9.59 Å². The molecule has 0 aromatic carbocycles. The van der Waals surface area contributed by atoms with Crippen LogP contribution in [0, 0.1) is 23.2 Å². The Hall–Kier alpha value is -1.36. The van der Waals surface area contributed by atoms with E-state index in [4.69, 9.17) is 4.74 Å². The second-order valence-corrected chi connectivity index (χ2v) is 9.27. The summed E-state index contributed by atoms with van der Waals surface area (Å²) in [6.45, 7) is 8.17. The van der Waals surface area contributed by atoms with Gasteiger partial charge in [-0.05, 0) is 56.3 Å². The number of carbonyl (C=O) groups excluding carboxylic acids is 2. The van der Waals surface area contributed by atoms with E-state index >= 15 is 0 Å². The molecule has 26 heavy (non-hydrogen) atoms. The lowest BCUT2D eigenvalue weighted by Crippen LogP contribution is -2.94. The van der Waals surface area contributed by atoms with Gasteiger partial charge in [0.1, 0.15) is 12.0 Å². The minimum Gasteiger partial charge on any atom is -0.462 e. The topological polar surface area (TPSA) is 72.0 Å². The predicted molar refractivity (Wildman–Crippen MR) is 98.1 cm³/mol. The van der Waals surface area contributed by atoms with Gasteiger partial charge < -0.3 is 15.4 Å². The number of allylic oxidation sites excluding steroid dienone is 1. The van der Waals surface area contributed by atoms with Crippen LogP contribution in [-0.4, -0.2) is 37.1 Å². The highest BCUT2D eigenvalue weighted by Gasteiger charge is 2.55. The van der Waals surface area contributed by atoms with Gasteiger partial charge in [0.05, 0.1) is 6.54 Å². The maximum atomic E-state index is 12.6. The van der Waals surface area contributed by atoms with Crippen molar-refractivity contribution >= 4 is 11.9 Å². The molecule has 0 spiro atoms. The summed E-state index contributed by atoms with van der Waals surface area (Å²) in [6, 6.07) is -0.0529. The summed E-state index contributed by atoms with van der Waals surface area (Å²) >= 11 is 0. The molecule has 0 aromatic rings. The Kier molecular flexibility index (Phi) is 4.84. The molecule has 3 N–H and O–H groups in total. The number of ether oxygens (including phenoxy) is 1. The third-order valence-corrected chi connectivity index (χ3v) is 7.57. The van der Waals surface area contributed by atoms with E-state index in [0.717, 1.165) is 45.1 Å². The first kappa shape index (κ1) is 18.0. The van der Waals surface area contributed by atoms with Crippen molar-refractivity contribution in [1.29, 1.82) is 0 Å². The van der Waals surface area contributed by atoms with Crippen molar-refractivity contribution in [2.45, 2.75) is 70.4 Å². The van der Waals surface area contributed by atoms with E-state index in [2.05, 4.69) is 24.1 Å². The van der Waals surface area contributed by atoms with E-state index < -0.39 is 0 Å². The van der Waals surface area contributed by atoms with Crippen LogP contribution in [0.25, 0.3) is 0 Å². The molecule has 144 valence electrons. The minimum atomic E-state index is -0.0738. The summed E-state index contributed by atoms with van der Waals surface area (Å²) in [4.78, 5) is 24.8. The number of hydrogen-bond donors (Lipinski definition) is 2. The summed E-state index contributed by atoms with van der Waals surface area (Å²) in [5.74, 6) is 0.826. The van der Waals surface area contributed by atoms with Gasteiger partial charge in [0.15, 0.2) is 6.04 Å². The van der Waals surface area contributed by atoms with Crippen LogP contribution < -0.4 is 10.6 Å². The lowest BCUT2D eigenvalue weighted by molar-refractivity contribution is -0.681. The normalized spacial score (nSPS) is 43.1. The molecule has 4 aliphatic rings. The van der Waals surface area contributed by atoms with Crippen molar-refractivity contribution in [3.8, 4) is 0 Å². The van der Waals surface area contributed by atoms with Crippen LogP contribution >= 0.6 is 0 Å². The van der Waals surface area contributed by atoms with E-state index in [0.29, 0.717) is 18.4 Å². The van der Waals surface area contributed by atoms with Crippen molar-refractivity contribution < 1.29 is 19.6 Å². The molecule has 1 amide bonds. The van der Waals surface area contributed by atoms with Gasteiger partial charge in [0, 0.05) is 18.9 Å². The standard InChI is InChI=1S/C21H32N2O3/c1-13-6-5-8-21(2)11-18-14(10-16(13)21)15(20(25)26-18)12-23-17-7-3-4-9-22-19(17)24/h14-18,23H,1,3-12H2,2H3,(H,22,24)/p+1/t14-,15-,16-,17+,18-,21-/m1/s1. The second-order valence-electron chi connectivity index (χ2n) is 9.27. The summed E-state index contributed by atoms with van der Waals surface area (Å²) < 4.78 is 5.83. The van der Waals surface area contributed by atoms with Crippen LogP contribution in [0.4, 0.5) is 0 Å². The smallest absolute Gasteiger partial charge is 0.315 e. The van der Waals surface area contributed by atoms with Gasteiger partial charge in [-0.15, -0.1) is 0 Å². The Bertz CT molecular complexity index is 604. The number of rotatable bonds is 3. The monoisotopic (exact) mass is 361 g/mol. The fraction of sp³-hybridized carbons (Fsp3) is 0.810. The molecular weight excluding hydrogens is 328 g/mol. The highest BCUT2D eigenvalue weighted by molar-refractivity contribution is 5.80. The molecule has 2 aliphatic heterocycles. The van der Waals surface area contributed by atoms with Crippen molar-refractivity contribution in [2.75, 3.05) is 13.1 Å². The van der Waals surface area contributed by atoms with Gasteiger partial charge >= 0.3 is 5.97 Å². The van der Waals surface area contributed by atoms with Crippen LogP contribution in [0.3, 0.4) is 0 Å². The summed E-state index contributed by atoms with van der Waals surface area (Å²) in [5.41, 5.74) is 1.62. The Morgan fingerprint density at radius 3 is 3.00 bits per heavy atom. The van der Waals surface area contributed by atoms with Crippen molar-refractivity contribution in [3.05, 3.63) is 12.2 Å². The molecule has 6 atom stereocenters. The third-order valence-electron chi connectivity index (χ3n) is 7.57. The van der Waals surface area contributed by atoms with Gasteiger partial charge in [-0.2, -0.15) is 0 Å². The first-order chi connectivity index (χ1) is 12.5. The summed E-state index contributed by atoms with van der Waals surface area (Å²) in [5, 5.41) is 5.08. The molecular formula is C21H33N2O3+. The molecule has 0 bridgehead atoms. The highest BCUT2D eigenvalue weighted by atomic mass is 16.6. The zero-order valence-corrected chi connectivity index (χ0v) is 16.0. The maximum absolute atomic E-state index is 12.6. The van der Waals surface area contributed by atoms with E-state index in [1.165, 1.54) is 18.4 Å². The molecule has 4 rings (SSSR count). The zero-order valence-electron chi connectivity index (χ0n) is 16.0. The van der Waals surface area contributed by atoms with Crippen LogP contribution in [0.1, 0.15) is 58.3 Å². The Labute approximate surface area is 156 Å². The Morgan fingerprint density at radius 1 is 1.31 bits per heavy atom. The van der Waals surface area contributed by atoms with Crippen LogP contribution in [0.2, 0.25) is 0 Å². The molecule has 2 saturated heterocycles. The number of hydrogen-bond acceptors (Lipinski definition) is 3. The van der Waals surface area contributed by atoms with Gasteiger partial charge in [0.25, 0.3) is 5.91 Å². The number of fused-ring (bicyclic) bond motifs is 2. The van der Waals surface area contributed by atoms with Crippen LogP contribution in [0.15, 0.2) is 12.2 Å². The van der Waals surface area contributed by atoms with Gasteiger partial charge in [-0.1, -0.05) is 19.1 Å². The van der Waals surface area contributed by atoms with Crippen molar-refractivity contribution in [2.24, 2.45) is 23.2 Å². The van der Waals surface area contributed by atoms with E-state index in [-0.39, 0.29) is 35.4 Å². The predicted octanol–water partition coefficient (Wildman–Crippen LogP) is 1.53. The average Bonchev–Trinajstić information content (AvgIpc) is 2.74. The van der Waals surface area contributed by atoms with Crippen molar-refractivity contribution in [3.63, 3.8) is 0 Å². The number of amides is 1. The third kappa shape index (κ3) is 3.19. The van der Waals surface area contributed by atoms with Gasteiger partial charge in [0.2, 0.25) is 0 Å². The molecule has 2 aliphatic carbocycles. The fourth-order valence-electron chi connectivity index (χ4n) is 6.02. The summed E-state index contributed by atoms with van der Waals surface area (Å²) in [7, 11) is 0. The molecule has 5 heteroatoms. The minimum absolute atomic E-state index is 0.0434. The molecule has 0 unspecified atom stereocenters. The van der Waals surface area contributed by atoms with E-state index in [1.807, 2.05) is 0 Å². The first-order valence-electron chi connectivity index (χ1n) is 10.5. The first-order valence-corrected chi connectivity index (χ1v) is 10.5. The lowest BCUT2D eigenvalue weighted by atomic mass is 9.55. The molecule has 2 saturated carbocycles. The number of nitrogens with one attached hydrogen (secondary N) is 1. The largest absolute Gasteiger partial charge is 0.462 e. The SMILES string of the molecule is C=C1CCC[C@]2(C)C[C@H]3OC(=O)[C@H](C[NH2+][C@H]4CCCCNC4=O)[C@H]3C[C@H]12. The van der Waals surface area contributed by atoms with Gasteiger partial charge in [-0.25, -0.2) is 0 Å². The second kappa shape index (κ2) is 6.99. The molecule has 0 aromatic heterocycles. The highest BCUT2D eigenvalue weighted by Crippen LogP contribution is 2.56. The van der Waals surface area contributed by atoms with E-state index in [1.54, 1.807) is 0 Å². The number of esters is 1. The molecule has 2 heterocycles. The van der Waals surface area contributed by atoms with Gasteiger partial charge in [-0.3, -0.25) is 9.59 Å². The number of carbonyl (C=O) groups is 2. The Morgan fingerprint density at radius 2 is 2.15 bits per heavy atom. The lowest BCUT2D eigenvalue weighted by Gasteiger charge is -2.49. The Balaban J connectivity index is 1.44. The van der Waals surface area contributed by atoms with Crippen molar-refractivity contribution in [1.82, 2.24) is 5.32 Å². The number of nitrogens with two attached hydrogens (primary N) is 1. The van der Waals surface area contributed by atoms with Crippen LogP contribution in [-0.2, 0) is 14.3 Å².